The lowest BCUT2D eigenvalue weighted by Gasteiger charge is -2.31. The smallest absolute Gasteiger partial charge is 0.243 e. The van der Waals surface area contributed by atoms with Gasteiger partial charge < -0.3 is 4.90 Å². The van der Waals surface area contributed by atoms with Gasteiger partial charge in [-0.15, -0.1) is 0 Å². The van der Waals surface area contributed by atoms with Crippen LogP contribution in [0.25, 0.3) is 0 Å². The molecular weight excluding hydrogens is 280 g/mol. The van der Waals surface area contributed by atoms with Gasteiger partial charge in [-0.2, -0.15) is 0 Å². The van der Waals surface area contributed by atoms with Crippen LogP contribution in [0.2, 0.25) is 0 Å². The lowest BCUT2D eigenvalue weighted by molar-refractivity contribution is 0.211. The van der Waals surface area contributed by atoms with Crippen molar-refractivity contribution in [2.24, 2.45) is 5.84 Å². The molecule has 0 radical (unpaired) electrons. The summed E-state index contributed by atoms with van der Waals surface area (Å²) in [5, 5.41) is 0. The van der Waals surface area contributed by atoms with E-state index in [9.17, 15) is 8.42 Å². The SMILES string of the molecule is CCN1CCCC(NS(=O)(=O)c2cnc(NN)nc2)C1. The van der Waals surface area contributed by atoms with Gasteiger partial charge in [-0.05, 0) is 25.9 Å². The fraction of sp³-hybridized carbons (Fsp3) is 0.636. The van der Waals surface area contributed by atoms with Crippen molar-refractivity contribution in [3.8, 4) is 0 Å². The van der Waals surface area contributed by atoms with E-state index in [1.54, 1.807) is 0 Å². The molecule has 0 amide bonds. The van der Waals surface area contributed by atoms with Gasteiger partial charge in [0.25, 0.3) is 0 Å². The maximum absolute atomic E-state index is 12.2. The molecule has 0 saturated carbocycles. The van der Waals surface area contributed by atoms with Crippen molar-refractivity contribution in [3.63, 3.8) is 0 Å². The molecule has 8 nitrogen and oxygen atoms in total. The third kappa shape index (κ3) is 3.63. The van der Waals surface area contributed by atoms with E-state index in [1.807, 2.05) is 0 Å². The molecule has 1 atom stereocenters. The lowest BCUT2D eigenvalue weighted by atomic mass is 10.1. The Morgan fingerprint density at radius 3 is 2.75 bits per heavy atom. The molecule has 1 aliphatic rings. The standard InChI is InChI=1S/C11H20N6O2S/c1-2-17-5-3-4-9(8-17)16-20(18,19)10-6-13-11(15-12)14-7-10/h6-7,9,16H,2-5,8,12H2,1H3,(H,13,14,15). The van der Waals surface area contributed by atoms with Gasteiger partial charge in [0.15, 0.2) is 0 Å². The number of nitrogens with one attached hydrogen (secondary N) is 2. The van der Waals surface area contributed by atoms with Gasteiger partial charge in [0.1, 0.15) is 4.90 Å². The number of rotatable bonds is 5. The Hall–Kier alpha value is -1.29. The van der Waals surface area contributed by atoms with Crippen LogP contribution in [0.3, 0.4) is 0 Å². The predicted octanol–water partition coefficient (Wildman–Crippen LogP) is -0.475. The highest BCUT2D eigenvalue weighted by molar-refractivity contribution is 7.89. The quantitative estimate of drug-likeness (QED) is 0.497. The number of hydrogen-bond donors (Lipinski definition) is 3. The van der Waals surface area contributed by atoms with E-state index < -0.39 is 10.0 Å². The second kappa shape index (κ2) is 6.44. The summed E-state index contributed by atoms with van der Waals surface area (Å²) in [6, 6.07) is -0.0685. The summed E-state index contributed by atoms with van der Waals surface area (Å²) >= 11 is 0. The zero-order valence-electron chi connectivity index (χ0n) is 11.4. The van der Waals surface area contributed by atoms with Crippen LogP contribution in [-0.2, 0) is 10.0 Å². The molecule has 2 rings (SSSR count). The molecule has 9 heteroatoms. The second-order valence-corrected chi connectivity index (χ2v) is 6.45. The van der Waals surface area contributed by atoms with Crippen LogP contribution in [0.5, 0.6) is 0 Å². The Bertz CT molecular complexity index is 532. The summed E-state index contributed by atoms with van der Waals surface area (Å²) in [5.41, 5.74) is 2.26. The van der Waals surface area contributed by atoms with Gasteiger partial charge in [-0.3, -0.25) is 5.43 Å². The van der Waals surface area contributed by atoms with Crippen molar-refractivity contribution >= 4 is 16.0 Å². The lowest BCUT2D eigenvalue weighted by Crippen LogP contribution is -2.47. The molecule has 4 N–H and O–H groups in total. The molecule has 0 aromatic carbocycles. The summed E-state index contributed by atoms with van der Waals surface area (Å²) in [5.74, 6) is 5.32. The first-order chi connectivity index (χ1) is 9.55. The first-order valence-electron chi connectivity index (χ1n) is 6.58. The average molecular weight is 300 g/mol. The van der Waals surface area contributed by atoms with Gasteiger partial charge in [-0.1, -0.05) is 6.92 Å². The predicted molar refractivity (Wildman–Crippen MR) is 75.3 cm³/mol. The molecule has 2 heterocycles. The number of aromatic nitrogens is 2. The van der Waals surface area contributed by atoms with Gasteiger partial charge in [0.2, 0.25) is 16.0 Å². The molecular formula is C11H20N6O2S. The maximum Gasteiger partial charge on any atom is 0.243 e. The first kappa shape index (κ1) is 15.1. The number of likely N-dealkylation sites (N-methyl/N-ethyl adjacent to an activating group) is 1. The van der Waals surface area contributed by atoms with Crippen LogP contribution in [0.1, 0.15) is 19.8 Å². The molecule has 112 valence electrons. The van der Waals surface area contributed by atoms with Crippen LogP contribution in [-0.4, -0.2) is 49.0 Å². The Morgan fingerprint density at radius 1 is 1.45 bits per heavy atom. The molecule has 0 spiro atoms. The average Bonchev–Trinajstić information content (AvgIpc) is 2.47. The number of nitrogens with zero attached hydrogens (tertiary/aromatic N) is 3. The third-order valence-corrected chi connectivity index (χ3v) is 4.82. The molecule has 0 aliphatic carbocycles. The second-order valence-electron chi connectivity index (χ2n) is 4.74. The number of likely N-dealkylation sites (tertiary alicyclic amines) is 1. The monoisotopic (exact) mass is 300 g/mol. The van der Waals surface area contributed by atoms with E-state index in [-0.39, 0.29) is 16.9 Å². The molecule has 1 aromatic heterocycles. The van der Waals surface area contributed by atoms with Crippen LogP contribution in [0, 0.1) is 0 Å². The fourth-order valence-electron chi connectivity index (χ4n) is 2.26. The number of sulfonamides is 1. The Balaban J connectivity index is 2.06. The van der Waals surface area contributed by atoms with Crippen molar-refractivity contribution in [2.75, 3.05) is 25.1 Å². The van der Waals surface area contributed by atoms with Crippen LogP contribution in [0.4, 0.5) is 5.95 Å². The number of hydrazine groups is 1. The normalized spacial score (nSPS) is 20.8. The summed E-state index contributed by atoms with van der Waals surface area (Å²) in [7, 11) is -3.59. The minimum atomic E-state index is -3.59. The van der Waals surface area contributed by atoms with E-state index >= 15 is 0 Å². The van der Waals surface area contributed by atoms with Crippen molar-refractivity contribution in [2.45, 2.75) is 30.7 Å². The summed E-state index contributed by atoms with van der Waals surface area (Å²) in [6.07, 6.45) is 4.32. The highest BCUT2D eigenvalue weighted by atomic mass is 32.2. The number of anilines is 1. The third-order valence-electron chi connectivity index (χ3n) is 3.34. The van der Waals surface area contributed by atoms with Crippen LogP contribution >= 0.6 is 0 Å². The van der Waals surface area contributed by atoms with Gasteiger partial charge in [0, 0.05) is 12.6 Å². The Kier molecular flexibility index (Phi) is 4.86. The summed E-state index contributed by atoms with van der Waals surface area (Å²) < 4.78 is 27.2. The first-order valence-corrected chi connectivity index (χ1v) is 8.07. The van der Waals surface area contributed by atoms with Gasteiger partial charge in [0.05, 0.1) is 12.4 Å². The van der Waals surface area contributed by atoms with Crippen molar-refractivity contribution in [3.05, 3.63) is 12.4 Å². The van der Waals surface area contributed by atoms with Crippen molar-refractivity contribution < 1.29 is 8.42 Å². The zero-order valence-corrected chi connectivity index (χ0v) is 12.2. The summed E-state index contributed by atoms with van der Waals surface area (Å²) in [4.78, 5) is 9.90. The van der Waals surface area contributed by atoms with E-state index in [4.69, 9.17) is 5.84 Å². The minimum Gasteiger partial charge on any atom is -0.302 e. The van der Waals surface area contributed by atoms with Gasteiger partial charge in [-0.25, -0.2) is 29.0 Å². The van der Waals surface area contributed by atoms with E-state index in [0.717, 1.165) is 32.5 Å². The summed E-state index contributed by atoms with van der Waals surface area (Å²) in [6.45, 7) is 4.76. The maximum atomic E-state index is 12.2. The van der Waals surface area contributed by atoms with Crippen LogP contribution < -0.4 is 16.0 Å². The molecule has 1 saturated heterocycles. The largest absolute Gasteiger partial charge is 0.302 e. The minimum absolute atomic E-state index is 0.0464. The number of nitrogen functional groups attached to an aromatic ring is 1. The van der Waals surface area contributed by atoms with E-state index in [2.05, 4.69) is 31.9 Å². The molecule has 20 heavy (non-hydrogen) atoms. The van der Waals surface area contributed by atoms with Crippen molar-refractivity contribution in [1.82, 2.24) is 19.6 Å². The van der Waals surface area contributed by atoms with Crippen molar-refractivity contribution in [1.29, 1.82) is 0 Å². The number of piperidine rings is 1. The molecule has 1 aliphatic heterocycles. The molecule has 0 bridgehead atoms. The number of hydrogen-bond acceptors (Lipinski definition) is 7. The number of nitrogens with two attached hydrogens (primary N) is 1. The Morgan fingerprint density at radius 2 is 2.15 bits per heavy atom. The van der Waals surface area contributed by atoms with Gasteiger partial charge >= 0.3 is 0 Å². The van der Waals surface area contributed by atoms with E-state index in [0.29, 0.717) is 0 Å². The molecule has 1 aromatic rings. The molecule has 1 fully saturated rings. The Labute approximate surface area is 118 Å². The van der Waals surface area contributed by atoms with E-state index in [1.165, 1.54) is 12.4 Å². The highest BCUT2D eigenvalue weighted by Gasteiger charge is 2.25. The highest BCUT2D eigenvalue weighted by Crippen LogP contribution is 2.13. The molecule has 1 unspecified atom stereocenters. The van der Waals surface area contributed by atoms with Crippen LogP contribution in [0.15, 0.2) is 17.3 Å². The zero-order chi connectivity index (χ0) is 14.6. The fourth-order valence-corrected chi connectivity index (χ4v) is 3.41. The topological polar surface area (TPSA) is 113 Å².